The van der Waals surface area contributed by atoms with Gasteiger partial charge in [0.05, 0.1) is 17.4 Å². The summed E-state index contributed by atoms with van der Waals surface area (Å²) in [6.45, 7) is 4.92. The van der Waals surface area contributed by atoms with Gasteiger partial charge in [0.1, 0.15) is 0 Å². The Hall–Kier alpha value is -1.61. The van der Waals surface area contributed by atoms with Gasteiger partial charge < -0.3 is 5.73 Å². The third kappa shape index (κ3) is 1.99. The highest BCUT2D eigenvalue weighted by molar-refractivity contribution is 5.28. The second-order valence-corrected chi connectivity index (χ2v) is 3.91. The lowest BCUT2D eigenvalue weighted by Gasteiger charge is -2.13. The van der Waals surface area contributed by atoms with Gasteiger partial charge >= 0.3 is 0 Å². The third-order valence-corrected chi connectivity index (χ3v) is 2.71. The smallest absolute Gasteiger partial charge is 0.0723 e. The van der Waals surface area contributed by atoms with E-state index in [1.165, 1.54) is 0 Å². The maximum atomic E-state index is 6.25. The van der Waals surface area contributed by atoms with E-state index in [2.05, 4.69) is 18.1 Å². The second-order valence-electron chi connectivity index (χ2n) is 3.91. The maximum Gasteiger partial charge on any atom is 0.0723 e. The average Bonchev–Trinajstić information content (AvgIpc) is 2.70. The maximum absolute atomic E-state index is 6.25. The Morgan fingerprint density at radius 2 is 2.00 bits per heavy atom. The van der Waals surface area contributed by atoms with Crippen LogP contribution in [0.4, 0.5) is 0 Å². The van der Waals surface area contributed by atoms with E-state index >= 15 is 0 Å². The van der Waals surface area contributed by atoms with Crippen LogP contribution in [0.3, 0.4) is 0 Å². The third-order valence-electron chi connectivity index (χ3n) is 2.71. The monoisotopic (exact) mass is 215 g/mol. The summed E-state index contributed by atoms with van der Waals surface area (Å²) in [5.74, 6) is 0. The zero-order valence-electron chi connectivity index (χ0n) is 9.72. The topological polar surface area (TPSA) is 43.8 Å². The van der Waals surface area contributed by atoms with Crippen molar-refractivity contribution in [3.8, 4) is 0 Å². The molecule has 2 rings (SSSR count). The molecule has 0 aliphatic rings. The number of hydrogen-bond acceptors (Lipinski definition) is 2. The lowest BCUT2D eigenvalue weighted by Crippen LogP contribution is -2.16. The SMILES string of the molecule is CCn1nc(C)cc1C(N)c1ccccc1. The number of benzene rings is 1. The van der Waals surface area contributed by atoms with Gasteiger partial charge in [-0.3, -0.25) is 4.68 Å². The quantitative estimate of drug-likeness (QED) is 0.853. The number of nitrogens with zero attached hydrogens (tertiary/aromatic N) is 2. The molecule has 1 heterocycles. The minimum atomic E-state index is -0.0950. The Morgan fingerprint density at radius 3 is 2.62 bits per heavy atom. The van der Waals surface area contributed by atoms with Crippen LogP contribution in [0.5, 0.6) is 0 Å². The normalized spacial score (nSPS) is 12.7. The summed E-state index contributed by atoms with van der Waals surface area (Å²) in [6.07, 6.45) is 0. The minimum absolute atomic E-state index is 0.0950. The fraction of sp³-hybridized carbons (Fsp3) is 0.308. The zero-order chi connectivity index (χ0) is 11.5. The molecule has 0 radical (unpaired) electrons. The predicted octanol–water partition coefficient (Wildman–Crippen LogP) is 2.26. The molecule has 16 heavy (non-hydrogen) atoms. The Kier molecular flexibility index (Phi) is 3.06. The van der Waals surface area contributed by atoms with Gasteiger partial charge in [0, 0.05) is 6.54 Å². The van der Waals surface area contributed by atoms with E-state index in [0.717, 1.165) is 23.5 Å². The summed E-state index contributed by atoms with van der Waals surface area (Å²) in [6, 6.07) is 12.1. The first-order valence-corrected chi connectivity index (χ1v) is 5.57. The molecule has 3 heteroatoms. The number of aryl methyl sites for hydroxylation is 2. The summed E-state index contributed by atoms with van der Waals surface area (Å²) in [4.78, 5) is 0. The van der Waals surface area contributed by atoms with Crippen molar-refractivity contribution in [2.45, 2.75) is 26.4 Å². The summed E-state index contributed by atoms with van der Waals surface area (Å²) in [5.41, 5.74) is 9.46. The molecule has 0 aliphatic carbocycles. The molecule has 2 aromatic rings. The van der Waals surface area contributed by atoms with Crippen molar-refractivity contribution in [3.63, 3.8) is 0 Å². The minimum Gasteiger partial charge on any atom is -0.319 e. The first-order valence-electron chi connectivity index (χ1n) is 5.57. The van der Waals surface area contributed by atoms with Crippen molar-refractivity contribution < 1.29 is 0 Å². The van der Waals surface area contributed by atoms with E-state index in [1.807, 2.05) is 41.9 Å². The van der Waals surface area contributed by atoms with Gasteiger partial charge in [0.25, 0.3) is 0 Å². The number of rotatable bonds is 3. The molecule has 1 unspecified atom stereocenters. The van der Waals surface area contributed by atoms with E-state index in [1.54, 1.807) is 0 Å². The van der Waals surface area contributed by atoms with Crippen LogP contribution >= 0.6 is 0 Å². The van der Waals surface area contributed by atoms with E-state index < -0.39 is 0 Å². The first-order chi connectivity index (χ1) is 7.72. The standard InChI is InChI=1S/C13H17N3/c1-3-16-12(9-10(2)15-16)13(14)11-7-5-4-6-8-11/h4-9,13H,3,14H2,1-2H3. The van der Waals surface area contributed by atoms with Crippen molar-refractivity contribution in [3.05, 3.63) is 53.3 Å². The Balaban J connectivity index is 2.37. The summed E-state index contributed by atoms with van der Waals surface area (Å²) < 4.78 is 1.97. The number of aromatic nitrogens is 2. The second kappa shape index (κ2) is 4.49. The predicted molar refractivity (Wildman–Crippen MR) is 65.1 cm³/mol. The van der Waals surface area contributed by atoms with Crippen LogP contribution in [0, 0.1) is 6.92 Å². The van der Waals surface area contributed by atoms with Crippen LogP contribution in [0.25, 0.3) is 0 Å². The molecule has 0 fully saturated rings. The summed E-state index contributed by atoms with van der Waals surface area (Å²) in [7, 11) is 0. The first kappa shape index (κ1) is 10.9. The highest BCUT2D eigenvalue weighted by Gasteiger charge is 2.14. The van der Waals surface area contributed by atoms with Crippen molar-refractivity contribution in [2.24, 2.45) is 5.73 Å². The molecular formula is C13H17N3. The van der Waals surface area contributed by atoms with Crippen LogP contribution in [0.15, 0.2) is 36.4 Å². The Morgan fingerprint density at radius 1 is 1.31 bits per heavy atom. The highest BCUT2D eigenvalue weighted by Crippen LogP contribution is 2.19. The Labute approximate surface area is 95.9 Å². The highest BCUT2D eigenvalue weighted by atomic mass is 15.3. The molecule has 0 aliphatic heterocycles. The molecule has 2 N–H and O–H groups in total. The van der Waals surface area contributed by atoms with Crippen LogP contribution in [0.1, 0.15) is 29.9 Å². The van der Waals surface area contributed by atoms with Crippen molar-refractivity contribution >= 4 is 0 Å². The molecule has 1 aromatic heterocycles. The average molecular weight is 215 g/mol. The molecular weight excluding hydrogens is 198 g/mol. The number of nitrogens with two attached hydrogens (primary N) is 1. The van der Waals surface area contributed by atoms with Gasteiger partial charge in [-0.2, -0.15) is 5.10 Å². The lowest BCUT2D eigenvalue weighted by molar-refractivity contribution is 0.597. The van der Waals surface area contributed by atoms with E-state index in [0.29, 0.717) is 0 Å². The van der Waals surface area contributed by atoms with Crippen molar-refractivity contribution in [1.29, 1.82) is 0 Å². The molecule has 1 aromatic carbocycles. The fourth-order valence-corrected chi connectivity index (χ4v) is 1.90. The Bertz CT molecular complexity index is 459. The fourth-order valence-electron chi connectivity index (χ4n) is 1.90. The zero-order valence-corrected chi connectivity index (χ0v) is 9.72. The van der Waals surface area contributed by atoms with E-state index in [9.17, 15) is 0 Å². The molecule has 0 saturated carbocycles. The van der Waals surface area contributed by atoms with Gasteiger partial charge in [0.2, 0.25) is 0 Å². The van der Waals surface area contributed by atoms with Crippen LogP contribution in [-0.2, 0) is 6.54 Å². The van der Waals surface area contributed by atoms with Crippen LogP contribution in [-0.4, -0.2) is 9.78 Å². The van der Waals surface area contributed by atoms with Gasteiger partial charge in [-0.1, -0.05) is 30.3 Å². The molecule has 0 amide bonds. The largest absolute Gasteiger partial charge is 0.319 e. The van der Waals surface area contributed by atoms with Gasteiger partial charge in [0.15, 0.2) is 0 Å². The molecule has 0 bridgehead atoms. The van der Waals surface area contributed by atoms with E-state index in [4.69, 9.17) is 5.73 Å². The molecule has 84 valence electrons. The summed E-state index contributed by atoms with van der Waals surface area (Å²) >= 11 is 0. The van der Waals surface area contributed by atoms with Crippen molar-refractivity contribution in [2.75, 3.05) is 0 Å². The van der Waals surface area contributed by atoms with Gasteiger partial charge in [-0.25, -0.2) is 0 Å². The lowest BCUT2D eigenvalue weighted by atomic mass is 10.0. The molecule has 3 nitrogen and oxygen atoms in total. The van der Waals surface area contributed by atoms with Gasteiger partial charge in [-0.15, -0.1) is 0 Å². The van der Waals surface area contributed by atoms with E-state index in [-0.39, 0.29) is 6.04 Å². The van der Waals surface area contributed by atoms with Gasteiger partial charge in [-0.05, 0) is 25.5 Å². The molecule has 1 atom stereocenters. The summed E-state index contributed by atoms with van der Waals surface area (Å²) in [5, 5.41) is 4.41. The number of hydrogen-bond donors (Lipinski definition) is 1. The van der Waals surface area contributed by atoms with Crippen LogP contribution in [0.2, 0.25) is 0 Å². The van der Waals surface area contributed by atoms with Crippen molar-refractivity contribution in [1.82, 2.24) is 9.78 Å². The molecule has 0 spiro atoms. The van der Waals surface area contributed by atoms with Crippen LogP contribution < -0.4 is 5.73 Å². The molecule has 0 saturated heterocycles.